The summed E-state index contributed by atoms with van der Waals surface area (Å²) in [6.45, 7) is 9.35. The summed E-state index contributed by atoms with van der Waals surface area (Å²) in [6.07, 6.45) is 8.79. The van der Waals surface area contributed by atoms with E-state index < -0.39 is 5.97 Å². The summed E-state index contributed by atoms with van der Waals surface area (Å²) in [7, 11) is 0. The second kappa shape index (κ2) is 7.90. The molecular weight excluding hydrogens is 376 g/mol. The lowest BCUT2D eigenvalue weighted by Crippen LogP contribution is -2.61. The number of hydrogen-bond acceptors (Lipinski definition) is 3. The first kappa shape index (κ1) is 22.3. The van der Waals surface area contributed by atoms with E-state index in [1.165, 1.54) is 19.3 Å². The van der Waals surface area contributed by atoms with E-state index in [9.17, 15) is 14.7 Å². The molecule has 0 bridgehead atoms. The fraction of sp³-hybridized carbons (Fsp3) is 0.923. The topological polar surface area (TPSA) is 74.6 Å². The highest BCUT2D eigenvalue weighted by molar-refractivity contribution is 5.79. The molecule has 4 aliphatic carbocycles. The number of aliphatic hydroxyl groups is 1. The minimum absolute atomic E-state index is 0.187. The molecule has 2 N–H and O–H groups in total. The van der Waals surface area contributed by atoms with Gasteiger partial charge in [-0.1, -0.05) is 34.1 Å². The number of rotatable bonds is 5. The summed E-state index contributed by atoms with van der Waals surface area (Å²) in [5.74, 6) is 2.69. The molecule has 4 saturated carbocycles. The van der Waals surface area contributed by atoms with E-state index in [4.69, 9.17) is 5.11 Å². The van der Waals surface area contributed by atoms with Gasteiger partial charge in [-0.2, -0.15) is 0 Å². The van der Waals surface area contributed by atoms with Crippen molar-refractivity contribution < 1.29 is 19.8 Å². The van der Waals surface area contributed by atoms with Gasteiger partial charge in [0, 0.05) is 19.3 Å². The van der Waals surface area contributed by atoms with E-state index in [1.807, 2.05) is 0 Å². The highest BCUT2D eigenvalue weighted by Crippen LogP contribution is 2.69. The Bertz CT molecular complexity index is 689. The molecule has 30 heavy (non-hydrogen) atoms. The van der Waals surface area contributed by atoms with Crippen LogP contribution in [0.4, 0.5) is 0 Å². The lowest BCUT2D eigenvalue weighted by molar-refractivity contribution is -0.194. The lowest BCUT2D eigenvalue weighted by Gasteiger charge is -2.64. The largest absolute Gasteiger partial charge is 0.481 e. The van der Waals surface area contributed by atoms with E-state index in [1.54, 1.807) is 0 Å². The summed E-state index contributed by atoms with van der Waals surface area (Å²) >= 11 is 0. The van der Waals surface area contributed by atoms with Crippen molar-refractivity contribution in [2.24, 2.45) is 52.3 Å². The summed E-state index contributed by atoms with van der Waals surface area (Å²) in [6, 6.07) is 0. The Balaban J connectivity index is 1.62. The molecule has 4 rings (SSSR count). The Labute approximate surface area is 182 Å². The van der Waals surface area contributed by atoms with Gasteiger partial charge in [-0.3, -0.25) is 9.59 Å². The maximum absolute atomic E-state index is 12.3. The maximum atomic E-state index is 12.3. The molecule has 10 atom stereocenters. The SMILES string of the molecule is CC[C@H]1[C@@H](O)[C@@H]2[C@H](CC[C@]3(C)[C@@H]([C@H](C)CCC(=O)O)CC[C@@H]23)[C@@]2(C)CCC(=O)C[C@@H]12. The van der Waals surface area contributed by atoms with Gasteiger partial charge in [0.1, 0.15) is 5.78 Å². The number of aliphatic carboxylic acids is 1. The molecule has 170 valence electrons. The molecule has 4 nitrogen and oxygen atoms in total. The second-order valence-electron chi connectivity index (χ2n) is 11.8. The number of carbonyl (C=O) groups is 2. The van der Waals surface area contributed by atoms with Crippen molar-refractivity contribution >= 4 is 11.8 Å². The Morgan fingerprint density at radius 2 is 1.80 bits per heavy atom. The van der Waals surface area contributed by atoms with E-state index in [2.05, 4.69) is 27.7 Å². The normalized spacial score (nSPS) is 49.1. The van der Waals surface area contributed by atoms with Gasteiger partial charge in [0.2, 0.25) is 0 Å². The average Bonchev–Trinajstić information content (AvgIpc) is 3.05. The van der Waals surface area contributed by atoms with Crippen LogP contribution < -0.4 is 0 Å². The summed E-state index contributed by atoms with van der Waals surface area (Å²) in [5, 5.41) is 20.8. The highest BCUT2D eigenvalue weighted by atomic mass is 16.4. The van der Waals surface area contributed by atoms with Crippen LogP contribution in [0.2, 0.25) is 0 Å². The van der Waals surface area contributed by atoms with Crippen molar-refractivity contribution in [1.29, 1.82) is 0 Å². The zero-order valence-corrected chi connectivity index (χ0v) is 19.4. The van der Waals surface area contributed by atoms with Crippen molar-refractivity contribution in [3.05, 3.63) is 0 Å². The van der Waals surface area contributed by atoms with Gasteiger partial charge >= 0.3 is 5.97 Å². The van der Waals surface area contributed by atoms with Gasteiger partial charge in [0.05, 0.1) is 6.10 Å². The van der Waals surface area contributed by atoms with E-state index in [0.717, 1.165) is 32.1 Å². The molecule has 0 aliphatic heterocycles. The highest BCUT2D eigenvalue weighted by Gasteiger charge is 2.64. The van der Waals surface area contributed by atoms with Gasteiger partial charge in [-0.25, -0.2) is 0 Å². The molecular formula is C26H42O4. The predicted octanol–water partition coefficient (Wildman–Crippen LogP) is 5.32. The molecule has 0 aromatic heterocycles. The van der Waals surface area contributed by atoms with E-state index >= 15 is 0 Å². The molecule has 0 saturated heterocycles. The first-order chi connectivity index (χ1) is 14.1. The van der Waals surface area contributed by atoms with E-state index in [-0.39, 0.29) is 29.3 Å². The monoisotopic (exact) mass is 418 g/mol. The number of aliphatic hydroxyl groups excluding tert-OH is 1. The van der Waals surface area contributed by atoms with Crippen LogP contribution >= 0.6 is 0 Å². The number of ketones is 1. The third-order valence-electron chi connectivity index (χ3n) is 10.8. The first-order valence-corrected chi connectivity index (χ1v) is 12.5. The number of carboxylic acids is 1. The molecule has 0 spiro atoms. The molecule has 0 radical (unpaired) electrons. The summed E-state index contributed by atoms with van der Waals surface area (Å²) in [4.78, 5) is 23.4. The zero-order chi connectivity index (χ0) is 21.8. The van der Waals surface area contributed by atoms with Gasteiger partial charge in [0.15, 0.2) is 0 Å². The van der Waals surface area contributed by atoms with Gasteiger partial charge in [-0.05, 0) is 90.8 Å². The molecule has 4 aliphatic rings. The van der Waals surface area contributed by atoms with Crippen molar-refractivity contribution in [3.8, 4) is 0 Å². The fourth-order valence-electron chi connectivity index (χ4n) is 9.29. The fourth-order valence-corrected chi connectivity index (χ4v) is 9.29. The van der Waals surface area contributed by atoms with Gasteiger partial charge < -0.3 is 10.2 Å². The van der Waals surface area contributed by atoms with Crippen molar-refractivity contribution in [2.75, 3.05) is 0 Å². The maximum Gasteiger partial charge on any atom is 0.303 e. The molecule has 4 heteroatoms. The van der Waals surface area contributed by atoms with Crippen LogP contribution in [0.1, 0.15) is 91.9 Å². The Morgan fingerprint density at radius 1 is 1.10 bits per heavy atom. The Morgan fingerprint density at radius 3 is 2.47 bits per heavy atom. The number of hydrogen-bond donors (Lipinski definition) is 2. The molecule has 0 heterocycles. The number of carboxylic acid groups (broad SMARTS) is 1. The van der Waals surface area contributed by atoms with Crippen LogP contribution in [0.15, 0.2) is 0 Å². The van der Waals surface area contributed by atoms with Crippen LogP contribution in [0, 0.1) is 52.3 Å². The van der Waals surface area contributed by atoms with Crippen molar-refractivity contribution in [1.82, 2.24) is 0 Å². The van der Waals surface area contributed by atoms with Gasteiger partial charge in [0.25, 0.3) is 0 Å². The Kier molecular flexibility index (Phi) is 5.87. The second-order valence-corrected chi connectivity index (χ2v) is 11.8. The molecule has 0 aromatic carbocycles. The van der Waals surface area contributed by atoms with Crippen molar-refractivity contribution in [2.45, 2.75) is 98.0 Å². The van der Waals surface area contributed by atoms with Crippen LogP contribution in [-0.2, 0) is 9.59 Å². The van der Waals surface area contributed by atoms with Gasteiger partial charge in [-0.15, -0.1) is 0 Å². The molecule has 0 unspecified atom stereocenters. The standard InChI is InChI=1S/C26H42O4/c1-5-17-21-14-16(27)10-12-26(21,4)20-11-13-25(3)18(15(2)6-9-22(28)29)7-8-19(25)23(20)24(17)30/h15,17-21,23-24,30H,5-14H2,1-4H3,(H,28,29)/t15-,17-,18-,19+,20+,21+,23+,24-,25-,26-/m1/s1. The predicted molar refractivity (Wildman–Crippen MR) is 117 cm³/mol. The zero-order valence-electron chi connectivity index (χ0n) is 19.4. The molecule has 0 aromatic rings. The third kappa shape index (κ3) is 3.27. The van der Waals surface area contributed by atoms with Crippen LogP contribution in [0.3, 0.4) is 0 Å². The third-order valence-corrected chi connectivity index (χ3v) is 10.8. The number of fused-ring (bicyclic) bond motifs is 5. The van der Waals surface area contributed by atoms with Crippen LogP contribution in [0.5, 0.6) is 0 Å². The smallest absolute Gasteiger partial charge is 0.303 e. The molecule has 4 fully saturated rings. The van der Waals surface area contributed by atoms with E-state index in [0.29, 0.717) is 47.7 Å². The summed E-state index contributed by atoms with van der Waals surface area (Å²) in [5.41, 5.74) is 0.402. The molecule has 0 amide bonds. The Hall–Kier alpha value is -0.900. The number of Topliss-reactive ketones (excluding diaryl/α,β-unsaturated/α-hetero) is 1. The quantitative estimate of drug-likeness (QED) is 0.633. The minimum Gasteiger partial charge on any atom is -0.481 e. The minimum atomic E-state index is -0.690. The van der Waals surface area contributed by atoms with Crippen LogP contribution in [0.25, 0.3) is 0 Å². The van der Waals surface area contributed by atoms with Crippen LogP contribution in [-0.4, -0.2) is 28.1 Å². The average molecular weight is 419 g/mol. The lowest BCUT2D eigenvalue weighted by atomic mass is 9.41. The van der Waals surface area contributed by atoms with Crippen molar-refractivity contribution in [3.63, 3.8) is 0 Å². The first-order valence-electron chi connectivity index (χ1n) is 12.5. The number of carbonyl (C=O) groups excluding carboxylic acids is 1. The summed E-state index contributed by atoms with van der Waals surface area (Å²) < 4.78 is 0.